The Morgan fingerprint density at radius 1 is 0.604 bits per heavy atom. The fourth-order valence-corrected chi connectivity index (χ4v) is 4.67. The molecule has 14 nitrogen and oxygen atoms in total. The third-order valence-corrected chi connectivity index (χ3v) is 7.29. The Morgan fingerprint density at radius 3 is 1.68 bits per heavy atom. The molecule has 4 amide bonds. The van der Waals surface area contributed by atoms with Crippen LogP contribution in [-0.2, 0) is 57.9 Å². The number of unbranched alkanes of at least 4 members (excludes halogenated alkanes) is 1. The van der Waals surface area contributed by atoms with E-state index < -0.39 is 66.6 Å². The molecule has 4 N–H and O–H groups in total. The molecule has 0 fully saturated rings. The van der Waals surface area contributed by atoms with Gasteiger partial charge in [0.25, 0.3) is 0 Å². The molecule has 0 aliphatic heterocycles. The number of benzene rings is 3. The normalized spacial score (nSPS) is 11.9. The quantitative estimate of drug-likeness (QED) is 0.0779. The number of alkyl carbamates (subject to hydrolysis) is 2. The summed E-state index contributed by atoms with van der Waals surface area (Å²) in [4.78, 5) is 76.5. The van der Waals surface area contributed by atoms with Crippen molar-refractivity contribution in [1.29, 1.82) is 0 Å². The summed E-state index contributed by atoms with van der Waals surface area (Å²) in [5.74, 6) is -3.02. The van der Waals surface area contributed by atoms with Crippen molar-refractivity contribution in [2.24, 2.45) is 0 Å². The van der Waals surface area contributed by atoms with Crippen LogP contribution in [0.2, 0.25) is 0 Å². The van der Waals surface area contributed by atoms with Gasteiger partial charge in [0.05, 0.1) is 13.0 Å². The van der Waals surface area contributed by atoms with E-state index in [1.54, 1.807) is 69.3 Å². The van der Waals surface area contributed by atoms with Gasteiger partial charge in [-0.2, -0.15) is 0 Å². The number of nitrogens with one attached hydrogen (secondary N) is 4. The summed E-state index contributed by atoms with van der Waals surface area (Å²) < 4.78 is 21.2. The van der Waals surface area contributed by atoms with E-state index >= 15 is 0 Å². The molecule has 0 saturated heterocycles. The summed E-state index contributed by atoms with van der Waals surface area (Å²) in [6, 6.07) is 24.7. The molecule has 0 saturated carbocycles. The number of ether oxygens (including phenoxy) is 4. The van der Waals surface area contributed by atoms with Crippen molar-refractivity contribution in [2.45, 2.75) is 84.0 Å². The lowest BCUT2D eigenvalue weighted by molar-refractivity contribution is -0.149. The maximum absolute atomic E-state index is 13.2. The highest BCUT2D eigenvalue weighted by Gasteiger charge is 2.28. The fourth-order valence-electron chi connectivity index (χ4n) is 4.67. The van der Waals surface area contributed by atoms with Gasteiger partial charge in [0.15, 0.2) is 0 Å². The van der Waals surface area contributed by atoms with Crippen molar-refractivity contribution < 1.29 is 47.7 Å². The van der Waals surface area contributed by atoms with Crippen molar-refractivity contribution >= 4 is 35.9 Å². The second-order valence-corrected chi connectivity index (χ2v) is 13.0. The second-order valence-electron chi connectivity index (χ2n) is 13.0. The first kappa shape index (κ1) is 41.5. The van der Waals surface area contributed by atoms with E-state index in [0.29, 0.717) is 12.8 Å². The minimum absolute atomic E-state index is 0.0179. The Labute approximate surface area is 309 Å². The third-order valence-electron chi connectivity index (χ3n) is 7.29. The van der Waals surface area contributed by atoms with Crippen molar-refractivity contribution in [1.82, 2.24) is 21.3 Å². The minimum atomic E-state index is -1.43. The van der Waals surface area contributed by atoms with Crippen LogP contribution in [-0.4, -0.2) is 66.7 Å². The Bertz CT molecular complexity index is 1620. The molecule has 0 aliphatic carbocycles. The SMILES string of the molecule is CC(C)(C)OC(=O)N[C@@H](CC(=O)OCc1ccccc1)C(=O)NCC(=O)N[C@@H](CCCCNC(=O)OCc1ccccc1)C(=O)OCc1ccccc1. The molecule has 2 atom stereocenters. The van der Waals surface area contributed by atoms with Gasteiger partial charge in [-0.1, -0.05) is 91.0 Å². The lowest BCUT2D eigenvalue weighted by Crippen LogP contribution is -2.52. The molecule has 14 heteroatoms. The summed E-state index contributed by atoms with van der Waals surface area (Å²) in [5, 5.41) is 10.0. The molecular weight excluding hydrogens is 684 g/mol. The molecule has 284 valence electrons. The molecule has 3 aromatic carbocycles. The summed E-state index contributed by atoms with van der Waals surface area (Å²) in [7, 11) is 0. The number of hydrogen-bond acceptors (Lipinski definition) is 10. The van der Waals surface area contributed by atoms with Gasteiger partial charge >= 0.3 is 24.1 Å². The molecule has 0 heterocycles. The van der Waals surface area contributed by atoms with Crippen molar-refractivity contribution in [2.75, 3.05) is 13.1 Å². The largest absolute Gasteiger partial charge is 0.461 e. The lowest BCUT2D eigenvalue weighted by Gasteiger charge is -2.23. The van der Waals surface area contributed by atoms with Crippen LogP contribution in [0.5, 0.6) is 0 Å². The van der Waals surface area contributed by atoms with Crippen molar-refractivity contribution in [3.63, 3.8) is 0 Å². The number of amides is 4. The second kappa shape index (κ2) is 22.1. The van der Waals surface area contributed by atoms with Gasteiger partial charge in [-0.25, -0.2) is 14.4 Å². The van der Waals surface area contributed by atoms with Crippen LogP contribution >= 0.6 is 0 Å². The van der Waals surface area contributed by atoms with Crippen molar-refractivity contribution in [3.8, 4) is 0 Å². The fraction of sp³-hybridized carbons (Fsp3) is 0.385. The molecule has 0 aromatic heterocycles. The van der Waals surface area contributed by atoms with Crippen LogP contribution in [0.4, 0.5) is 9.59 Å². The van der Waals surface area contributed by atoms with E-state index in [9.17, 15) is 28.8 Å². The molecule has 0 unspecified atom stereocenters. The zero-order chi connectivity index (χ0) is 38.5. The first-order valence-corrected chi connectivity index (χ1v) is 17.3. The average Bonchev–Trinajstić information content (AvgIpc) is 3.14. The predicted molar refractivity (Wildman–Crippen MR) is 194 cm³/mol. The van der Waals surface area contributed by atoms with Crippen LogP contribution in [0.25, 0.3) is 0 Å². The smallest absolute Gasteiger partial charge is 0.408 e. The molecule has 0 radical (unpaired) electrons. The average molecular weight is 733 g/mol. The van der Waals surface area contributed by atoms with Crippen molar-refractivity contribution in [3.05, 3.63) is 108 Å². The van der Waals surface area contributed by atoms with Crippen LogP contribution in [0.15, 0.2) is 91.0 Å². The molecular formula is C39H48N4O10. The summed E-state index contributed by atoms with van der Waals surface area (Å²) in [6.45, 7) is 4.66. The van der Waals surface area contributed by atoms with E-state index in [2.05, 4.69) is 21.3 Å². The number of esters is 2. The van der Waals surface area contributed by atoms with E-state index in [0.717, 1.165) is 16.7 Å². The van der Waals surface area contributed by atoms with Crippen LogP contribution in [0.1, 0.15) is 63.1 Å². The monoisotopic (exact) mass is 732 g/mol. The number of carbonyl (C=O) groups is 6. The molecule has 0 spiro atoms. The summed E-state index contributed by atoms with van der Waals surface area (Å²) >= 11 is 0. The van der Waals surface area contributed by atoms with Gasteiger partial charge in [0.2, 0.25) is 11.8 Å². The molecule has 0 aliphatic rings. The standard InChI is InChI=1S/C39H48N4O10/c1-39(2,3)53-38(49)43-32(23-34(45)50-25-28-15-7-4-8-16-28)35(46)41-24-33(44)42-31(36(47)51-26-29-17-9-5-10-18-29)21-13-14-22-40-37(48)52-27-30-19-11-6-12-20-30/h4-12,15-20,31-32H,13-14,21-27H2,1-3H3,(H,40,48)(H,41,46)(H,42,44)(H,43,49)/t31-,32-/m0/s1. The minimum Gasteiger partial charge on any atom is -0.461 e. The Balaban J connectivity index is 1.54. The van der Waals surface area contributed by atoms with Gasteiger partial charge in [0, 0.05) is 6.54 Å². The Morgan fingerprint density at radius 2 is 1.13 bits per heavy atom. The number of hydrogen-bond donors (Lipinski definition) is 4. The third kappa shape index (κ3) is 17.7. The zero-order valence-corrected chi connectivity index (χ0v) is 30.3. The molecule has 3 aromatic rings. The Kier molecular flexibility index (Phi) is 17.3. The van der Waals surface area contributed by atoms with Gasteiger partial charge in [-0.3, -0.25) is 14.4 Å². The van der Waals surface area contributed by atoms with Gasteiger partial charge in [-0.05, 0) is 56.7 Å². The van der Waals surface area contributed by atoms with Crippen LogP contribution in [0.3, 0.4) is 0 Å². The highest BCUT2D eigenvalue weighted by atomic mass is 16.6. The van der Waals surface area contributed by atoms with Gasteiger partial charge in [-0.15, -0.1) is 0 Å². The predicted octanol–water partition coefficient (Wildman–Crippen LogP) is 4.45. The lowest BCUT2D eigenvalue weighted by atomic mass is 10.1. The van der Waals surface area contributed by atoms with E-state index in [1.807, 2.05) is 42.5 Å². The molecule has 53 heavy (non-hydrogen) atoms. The first-order chi connectivity index (χ1) is 25.4. The van der Waals surface area contributed by atoms with E-state index in [1.165, 1.54) is 0 Å². The molecule has 0 bridgehead atoms. The topological polar surface area (TPSA) is 187 Å². The van der Waals surface area contributed by atoms with Crippen LogP contribution < -0.4 is 21.3 Å². The maximum Gasteiger partial charge on any atom is 0.408 e. The summed E-state index contributed by atoms with van der Waals surface area (Å²) in [6.07, 6.45) is -1.01. The highest BCUT2D eigenvalue weighted by molar-refractivity contribution is 5.93. The number of rotatable bonds is 19. The van der Waals surface area contributed by atoms with E-state index in [-0.39, 0.29) is 32.8 Å². The molecule has 3 rings (SSSR count). The first-order valence-electron chi connectivity index (χ1n) is 17.3. The van der Waals surface area contributed by atoms with E-state index in [4.69, 9.17) is 18.9 Å². The zero-order valence-electron chi connectivity index (χ0n) is 30.3. The maximum atomic E-state index is 13.2. The summed E-state index contributed by atoms with van der Waals surface area (Å²) in [5.41, 5.74) is 1.45. The van der Waals surface area contributed by atoms with Gasteiger partial charge in [0.1, 0.15) is 37.5 Å². The Hall–Kier alpha value is -5.92. The van der Waals surface area contributed by atoms with Gasteiger partial charge < -0.3 is 40.2 Å². The van der Waals surface area contributed by atoms with Crippen LogP contribution in [0, 0.1) is 0 Å². The number of carbonyl (C=O) groups excluding carboxylic acids is 6. The highest BCUT2D eigenvalue weighted by Crippen LogP contribution is 2.10.